The summed E-state index contributed by atoms with van der Waals surface area (Å²) in [4.78, 5) is 4.33. The maximum absolute atomic E-state index is 9.71. The van der Waals surface area contributed by atoms with E-state index in [2.05, 4.69) is 17.1 Å². The fourth-order valence-electron chi connectivity index (χ4n) is 4.28. The van der Waals surface area contributed by atoms with Crippen molar-refractivity contribution in [3.63, 3.8) is 0 Å². The number of aliphatic hydroxyl groups excluding tert-OH is 1. The van der Waals surface area contributed by atoms with Gasteiger partial charge in [-0.15, -0.1) is 11.3 Å². The molecule has 1 saturated heterocycles. The highest BCUT2D eigenvalue weighted by atomic mass is 32.1. The molecule has 0 amide bonds. The molecule has 34 heavy (non-hydrogen) atoms. The molecular weight excluding hydrogens is 446 g/mol. The van der Waals surface area contributed by atoms with Crippen LogP contribution in [0.15, 0.2) is 60.6 Å². The number of hydrogen-bond donors (Lipinski definition) is 2. The lowest BCUT2D eigenvalue weighted by molar-refractivity contribution is 0.0604. The Morgan fingerprint density at radius 3 is 2.59 bits per heavy atom. The number of likely N-dealkylation sites (tertiary alicyclic amines) is 1. The zero-order chi connectivity index (χ0) is 23.8. The van der Waals surface area contributed by atoms with E-state index in [9.17, 15) is 10.2 Å². The van der Waals surface area contributed by atoms with Gasteiger partial charge in [-0.2, -0.15) is 0 Å². The minimum atomic E-state index is 0.0686. The van der Waals surface area contributed by atoms with Crippen molar-refractivity contribution in [3.05, 3.63) is 71.0 Å². The van der Waals surface area contributed by atoms with Crippen molar-refractivity contribution in [2.24, 2.45) is 0 Å². The second-order valence-electron chi connectivity index (χ2n) is 8.52. The Morgan fingerprint density at radius 2 is 1.91 bits per heavy atom. The topological polar surface area (TPSA) is 62.2 Å². The first-order valence-corrected chi connectivity index (χ1v) is 12.8. The van der Waals surface area contributed by atoms with Gasteiger partial charge in [0.15, 0.2) is 5.75 Å². The van der Waals surface area contributed by atoms with E-state index in [0.717, 1.165) is 58.2 Å². The predicted molar refractivity (Wildman–Crippen MR) is 140 cm³/mol. The summed E-state index contributed by atoms with van der Waals surface area (Å²) in [5.74, 6) is 1.73. The molecule has 0 radical (unpaired) electrons. The number of thiophene rings is 1. The first kappa shape index (κ1) is 24.3. The third kappa shape index (κ3) is 6.20. The molecule has 0 unspecified atom stereocenters. The second-order valence-corrected chi connectivity index (χ2v) is 9.57. The van der Waals surface area contributed by atoms with Gasteiger partial charge in [0.05, 0.1) is 23.9 Å². The van der Waals surface area contributed by atoms with E-state index in [4.69, 9.17) is 9.47 Å². The quantitative estimate of drug-likeness (QED) is 0.388. The number of piperidine rings is 1. The number of ether oxygens (including phenoxy) is 2. The molecule has 0 spiro atoms. The zero-order valence-electron chi connectivity index (χ0n) is 19.7. The van der Waals surface area contributed by atoms with Crippen LogP contribution >= 0.6 is 11.3 Å². The summed E-state index contributed by atoms with van der Waals surface area (Å²) in [7, 11) is 0. The number of nitrogens with zero attached hydrogens (tertiary/aromatic N) is 1. The molecular formula is C28H33NO4S. The van der Waals surface area contributed by atoms with E-state index >= 15 is 0 Å². The number of rotatable bonds is 9. The van der Waals surface area contributed by atoms with Gasteiger partial charge >= 0.3 is 0 Å². The van der Waals surface area contributed by atoms with E-state index in [1.807, 2.05) is 37.3 Å². The van der Waals surface area contributed by atoms with Crippen molar-refractivity contribution in [2.45, 2.75) is 38.7 Å². The van der Waals surface area contributed by atoms with Crippen LogP contribution < -0.4 is 4.74 Å². The number of phenols is 1. The summed E-state index contributed by atoms with van der Waals surface area (Å²) in [6.45, 7) is 6.08. The largest absolute Gasteiger partial charge is 0.516 e. The second kappa shape index (κ2) is 12.1. The molecule has 2 N–H and O–H groups in total. The molecule has 1 aliphatic heterocycles. The molecule has 1 aromatic carbocycles. The maximum Gasteiger partial charge on any atom is 0.153 e. The number of benzene rings is 1. The lowest BCUT2D eigenvalue weighted by atomic mass is 10.1. The minimum absolute atomic E-state index is 0.0686. The smallest absolute Gasteiger partial charge is 0.153 e. The molecule has 180 valence electrons. The Bertz CT molecular complexity index is 1060. The predicted octanol–water partition coefficient (Wildman–Crippen LogP) is 6.78. The van der Waals surface area contributed by atoms with Crippen molar-refractivity contribution >= 4 is 23.5 Å². The van der Waals surface area contributed by atoms with Gasteiger partial charge in [-0.25, -0.2) is 0 Å². The number of hydrogen-bond acceptors (Lipinski definition) is 6. The average molecular weight is 480 g/mol. The molecule has 5 nitrogen and oxygen atoms in total. The van der Waals surface area contributed by atoms with Crippen molar-refractivity contribution in [2.75, 3.05) is 26.2 Å². The zero-order valence-corrected chi connectivity index (χ0v) is 20.5. The molecule has 2 aromatic rings. The van der Waals surface area contributed by atoms with Crippen LogP contribution in [-0.2, 0) is 4.74 Å². The number of phenolic OH excluding ortho intramolecular Hbond substituents is 1. The minimum Gasteiger partial charge on any atom is -0.516 e. The van der Waals surface area contributed by atoms with Crippen LogP contribution in [0.2, 0.25) is 0 Å². The first-order chi connectivity index (χ1) is 16.7. The molecule has 1 fully saturated rings. The van der Waals surface area contributed by atoms with Gasteiger partial charge in [-0.05, 0) is 87.3 Å². The molecule has 2 aliphatic rings. The highest BCUT2D eigenvalue weighted by Gasteiger charge is 2.21. The van der Waals surface area contributed by atoms with Crippen molar-refractivity contribution < 1.29 is 19.7 Å². The van der Waals surface area contributed by atoms with Gasteiger partial charge < -0.3 is 24.6 Å². The molecule has 1 aliphatic carbocycles. The van der Waals surface area contributed by atoms with Gasteiger partial charge in [-0.3, -0.25) is 0 Å². The van der Waals surface area contributed by atoms with Crippen LogP contribution in [0, 0.1) is 0 Å². The Kier molecular flexibility index (Phi) is 8.63. The van der Waals surface area contributed by atoms with Crippen LogP contribution in [0.5, 0.6) is 11.5 Å². The summed E-state index contributed by atoms with van der Waals surface area (Å²) >= 11 is 1.54. The number of aliphatic hydroxyl groups is 1. The van der Waals surface area contributed by atoms with Crippen molar-refractivity contribution in [1.82, 2.24) is 4.90 Å². The SMILES string of the molecule is C/C=C\c1c(/C=C/O)sc(-c2ccc(O)cc2)c1OC1=CC[C@H](OCCN2CCCCC2)C=C1. The maximum atomic E-state index is 9.71. The third-order valence-electron chi connectivity index (χ3n) is 6.05. The monoisotopic (exact) mass is 479 g/mol. The van der Waals surface area contributed by atoms with Crippen LogP contribution in [0.4, 0.5) is 0 Å². The first-order valence-electron chi connectivity index (χ1n) is 12.0. The third-order valence-corrected chi connectivity index (χ3v) is 7.25. The summed E-state index contributed by atoms with van der Waals surface area (Å²) in [5, 5.41) is 19.1. The summed E-state index contributed by atoms with van der Waals surface area (Å²) < 4.78 is 12.5. The number of allylic oxidation sites excluding steroid dienone is 2. The normalized spacial score (nSPS) is 19.2. The fourth-order valence-corrected chi connectivity index (χ4v) is 5.40. The van der Waals surface area contributed by atoms with E-state index < -0.39 is 0 Å². The summed E-state index contributed by atoms with van der Waals surface area (Å²) in [5.41, 5.74) is 1.86. The number of aromatic hydroxyl groups is 1. The van der Waals surface area contributed by atoms with Gasteiger partial charge in [0.1, 0.15) is 11.5 Å². The fraction of sp³-hybridized carbons (Fsp3) is 0.357. The van der Waals surface area contributed by atoms with E-state index in [-0.39, 0.29) is 11.9 Å². The van der Waals surface area contributed by atoms with Crippen molar-refractivity contribution in [1.29, 1.82) is 0 Å². The Labute approximate surface area is 206 Å². The van der Waals surface area contributed by atoms with Crippen molar-refractivity contribution in [3.8, 4) is 21.9 Å². The summed E-state index contributed by atoms with van der Waals surface area (Å²) in [6.07, 6.45) is 17.6. The molecule has 1 aromatic heterocycles. The summed E-state index contributed by atoms with van der Waals surface area (Å²) in [6, 6.07) is 7.08. The van der Waals surface area contributed by atoms with Gasteiger partial charge in [-0.1, -0.05) is 24.6 Å². The lowest BCUT2D eigenvalue weighted by Crippen LogP contribution is -2.33. The molecule has 0 saturated carbocycles. The van der Waals surface area contributed by atoms with E-state index in [1.54, 1.807) is 18.2 Å². The molecule has 2 heterocycles. The van der Waals surface area contributed by atoms with Gasteiger partial charge in [0.2, 0.25) is 0 Å². The highest BCUT2D eigenvalue weighted by Crippen LogP contribution is 2.45. The van der Waals surface area contributed by atoms with Crippen LogP contribution in [0.1, 0.15) is 43.0 Å². The highest BCUT2D eigenvalue weighted by molar-refractivity contribution is 7.17. The molecule has 1 atom stereocenters. The van der Waals surface area contributed by atoms with Crippen LogP contribution in [0.25, 0.3) is 22.6 Å². The molecule has 0 bridgehead atoms. The van der Waals surface area contributed by atoms with Crippen LogP contribution in [0.3, 0.4) is 0 Å². The Balaban J connectivity index is 1.47. The van der Waals surface area contributed by atoms with Gasteiger partial charge in [0, 0.05) is 17.0 Å². The Hall–Kier alpha value is -2.80. The van der Waals surface area contributed by atoms with E-state index in [0.29, 0.717) is 0 Å². The molecule has 4 rings (SSSR count). The molecule has 6 heteroatoms. The van der Waals surface area contributed by atoms with Crippen LogP contribution in [-0.4, -0.2) is 47.5 Å². The standard InChI is InChI=1S/C28H33NO4S/c1-2-6-25-26(15-19-30)34-28(21-7-9-22(31)10-8-21)27(25)33-24-13-11-23(12-14-24)32-20-18-29-16-4-3-5-17-29/h2,6-11,13-15,19,23,30-31H,3-5,12,16-18,20H2,1H3/b6-2-,19-15+/t23-/m1/s1. The Morgan fingerprint density at radius 1 is 1.12 bits per heavy atom. The lowest BCUT2D eigenvalue weighted by Gasteiger charge is -2.27. The van der Waals surface area contributed by atoms with Gasteiger partial charge in [0.25, 0.3) is 0 Å². The van der Waals surface area contributed by atoms with E-state index in [1.165, 1.54) is 43.7 Å². The average Bonchev–Trinajstić information content (AvgIpc) is 3.18.